The average Bonchev–Trinajstić information content (AvgIpc) is 3.26. The Labute approximate surface area is 192 Å². The SMILES string of the molecule is CC/C(=C\C(=O)O)c1cccc(-c2cnc(-c3ccc(OC(C)C)c(C#N)c3)s2)c1CC. The molecule has 0 unspecified atom stereocenters. The van der Waals surface area contributed by atoms with Crippen LogP contribution in [0.5, 0.6) is 5.75 Å². The molecule has 0 saturated heterocycles. The van der Waals surface area contributed by atoms with Crippen molar-refractivity contribution in [2.24, 2.45) is 0 Å². The number of nitrogens with zero attached hydrogens (tertiary/aromatic N) is 2. The van der Waals surface area contributed by atoms with Crippen LogP contribution in [0, 0.1) is 11.3 Å². The quantitative estimate of drug-likeness (QED) is 0.395. The van der Waals surface area contributed by atoms with Gasteiger partial charge in [-0.3, -0.25) is 0 Å². The minimum atomic E-state index is -0.937. The van der Waals surface area contributed by atoms with E-state index in [9.17, 15) is 15.2 Å². The Bertz CT molecular complexity index is 1200. The van der Waals surface area contributed by atoms with Crippen molar-refractivity contribution in [1.82, 2.24) is 4.98 Å². The molecule has 0 saturated carbocycles. The van der Waals surface area contributed by atoms with Crippen LogP contribution in [-0.2, 0) is 11.2 Å². The maximum absolute atomic E-state index is 11.3. The molecule has 0 amide bonds. The largest absolute Gasteiger partial charge is 0.490 e. The lowest BCUT2D eigenvalue weighted by Crippen LogP contribution is -2.06. The topological polar surface area (TPSA) is 83.2 Å². The first-order valence-electron chi connectivity index (χ1n) is 10.6. The highest BCUT2D eigenvalue weighted by Gasteiger charge is 2.16. The fourth-order valence-corrected chi connectivity index (χ4v) is 4.62. The van der Waals surface area contributed by atoms with Crippen LogP contribution in [0.25, 0.3) is 26.6 Å². The third-order valence-corrected chi connectivity index (χ3v) is 6.11. The molecule has 0 aliphatic rings. The molecule has 0 spiro atoms. The number of rotatable bonds is 8. The fourth-order valence-electron chi connectivity index (χ4n) is 3.66. The summed E-state index contributed by atoms with van der Waals surface area (Å²) in [4.78, 5) is 16.9. The zero-order valence-corrected chi connectivity index (χ0v) is 19.5. The lowest BCUT2D eigenvalue weighted by molar-refractivity contribution is -0.131. The normalized spacial score (nSPS) is 11.4. The van der Waals surface area contributed by atoms with Gasteiger partial charge in [-0.2, -0.15) is 5.26 Å². The van der Waals surface area contributed by atoms with Crippen molar-refractivity contribution < 1.29 is 14.6 Å². The van der Waals surface area contributed by atoms with Crippen molar-refractivity contribution in [3.05, 3.63) is 65.4 Å². The van der Waals surface area contributed by atoms with Crippen molar-refractivity contribution in [2.45, 2.75) is 46.6 Å². The van der Waals surface area contributed by atoms with Crippen LogP contribution in [-0.4, -0.2) is 22.2 Å². The molecule has 3 aromatic rings. The number of thiazole rings is 1. The van der Waals surface area contributed by atoms with Gasteiger partial charge in [0.05, 0.1) is 16.5 Å². The van der Waals surface area contributed by atoms with E-state index < -0.39 is 5.97 Å². The van der Waals surface area contributed by atoms with Gasteiger partial charge < -0.3 is 9.84 Å². The van der Waals surface area contributed by atoms with Gasteiger partial charge in [-0.1, -0.05) is 32.0 Å². The number of carboxylic acid groups (broad SMARTS) is 1. The number of benzene rings is 2. The Morgan fingerprint density at radius 3 is 2.69 bits per heavy atom. The molecular formula is C26H26N2O3S. The number of carbonyl (C=O) groups is 1. The van der Waals surface area contributed by atoms with Crippen molar-refractivity contribution >= 4 is 22.9 Å². The minimum Gasteiger partial charge on any atom is -0.490 e. The predicted octanol–water partition coefficient (Wildman–Crippen LogP) is 6.58. The zero-order chi connectivity index (χ0) is 23.3. The van der Waals surface area contributed by atoms with E-state index in [1.165, 1.54) is 6.08 Å². The Morgan fingerprint density at radius 1 is 1.28 bits per heavy atom. The molecule has 32 heavy (non-hydrogen) atoms. The van der Waals surface area contributed by atoms with Crippen LogP contribution < -0.4 is 4.74 Å². The Hall–Kier alpha value is -3.43. The van der Waals surface area contributed by atoms with Crippen LogP contribution in [0.3, 0.4) is 0 Å². The summed E-state index contributed by atoms with van der Waals surface area (Å²) < 4.78 is 5.72. The number of allylic oxidation sites excluding steroid dienone is 1. The Kier molecular flexibility index (Phi) is 7.45. The first-order valence-corrected chi connectivity index (χ1v) is 11.4. The minimum absolute atomic E-state index is 0.0117. The highest BCUT2D eigenvalue weighted by Crippen LogP contribution is 2.38. The van der Waals surface area contributed by atoms with E-state index in [2.05, 4.69) is 18.0 Å². The molecule has 1 N–H and O–H groups in total. The maximum Gasteiger partial charge on any atom is 0.328 e. The predicted molar refractivity (Wildman–Crippen MR) is 129 cm³/mol. The van der Waals surface area contributed by atoms with Crippen LogP contribution in [0.15, 0.2) is 48.7 Å². The van der Waals surface area contributed by atoms with E-state index in [0.717, 1.165) is 44.1 Å². The van der Waals surface area contributed by atoms with E-state index in [0.29, 0.717) is 17.7 Å². The van der Waals surface area contributed by atoms with Crippen molar-refractivity contribution in [1.29, 1.82) is 5.26 Å². The summed E-state index contributed by atoms with van der Waals surface area (Å²) in [6.45, 7) is 7.89. The van der Waals surface area contributed by atoms with E-state index >= 15 is 0 Å². The van der Waals surface area contributed by atoms with E-state index in [4.69, 9.17) is 4.74 Å². The summed E-state index contributed by atoms with van der Waals surface area (Å²) >= 11 is 1.55. The highest BCUT2D eigenvalue weighted by molar-refractivity contribution is 7.18. The van der Waals surface area contributed by atoms with Crippen molar-refractivity contribution in [3.63, 3.8) is 0 Å². The first kappa shape index (κ1) is 23.2. The molecule has 0 aliphatic carbocycles. The third-order valence-electron chi connectivity index (χ3n) is 5.03. The Balaban J connectivity index is 2.03. The second-order valence-electron chi connectivity index (χ2n) is 7.57. The number of hydrogen-bond acceptors (Lipinski definition) is 5. The smallest absolute Gasteiger partial charge is 0.328 e. The fraction of sp³-hybridized carbons (Fsp3) is 0.269. The molecule has 6 heteroatoms. The lowest BCUT2D eigenvalue weighted by Gasteiger charge is -2.14. The van der Waals surface area contributed by atoms with Crippen molar-refractivity contribution in [3.8, 4) is 32.8 Å². The van der Waals surface area contributed by atoms with Gasteiger partial charge in [0, 0.05) is 17.8 Å². The summed E-state index contributed by atoms with van der Waals surface area (Å²) in [6.07, 6.45) is 4.53. The molecule has 1 aromatic heterocycles. The van der Waals surface area contributed by atoms with Crippen LogP contribution in [0.2, 0.25) is 0 Å². The molecule has 0 radical (unpaired) electrons. The average molecular weight is 447 g/mol. The van der Waals surface area contributed by atoms with Crippen LogP contribution >= 0.6 is 11.3 Å². The number of carboxylic acids is 1. The van der Waals surface area contributed by atoms with Gasteiger partial charge in [0.15, 0.2) is 0 Å². The Morgan fingerprint density at radius 2 is 2.06 bits per heavy atom. The van der Waals surface area contributed by atoms with E-state index in [1.807, 2.05) is 63.4 Å². The van der Waals surface area contributed by atoms with Gasteiger partial charge in [-0.05, 0) is 67.2 Å². The molecule has 2 aromatic carbocycles. The number of aromatic nitrogens is 1. The highest BCUT2D eigenvalue weighted by atomic mass is 32.1. The number of nitriles is 1. The lowest BCUT2D eigenvalue weighted by atomic mass is 9.91. The molecule has 0 fully saturated rings. The third kappa shape index (κ3) is 5.06. The number of hydrogen-bond donors (Lipinski definition) is 1. The molecule has 164 valence electrons. The van der Waals surface area contributed by atoms with E-state index in [-0.39, 0.29) is 6.10 Å². The summed E-state index contributed by atoms with van der Waals surface area (Å²) in [5.74, 6) is -0.367. The molecule has 1 heterocycles. The zero-order valence-electron chi connectivity index (χ0n) is 18.7. The summed E-state index contributed by atoms with van der Waals surface area (Å²) in [6, 6.07) is 13.7. The summed E-state index contributed by atoms with van der Waals surface area (Å²) in [5, 5.41) is 19.6. The molecule has 0 atom stereocenters. The molecule has 3 rings (SSSR count). The van der Waals surface area contributed by atoms with Gasteiger partial charge in [0.1, 0.15) is 16.8 Å². The molecule has 5 nitrogen and oxygen atoms in total. The van der Waals surface area contributed by atoms with Gasteiger partial charge in [-0.25, -0.2) is 9.78 Å². The maximum atomic E-state index is 11.3. The monoisotopic (exact) mass is 446 g/mol. The molecular weight excluding hydrogens is 420 g/mol. The summed E-state index contributed by atoms with van der Waals surface area (Å²) in [7, 11) is 0. The van der Waals surface area contributed by atoms with Gasteiger partial charge in [0.25, 0.3) is 0 Å². The summed E-state index contributed by atoms with van der Waals surface area (Å²) in [5.41, 5.74) is 5.28. The van der Waals surface area contributed by atoms with Crippen LogP contribution in [0.4, 0.5) is 0 Å². The van der Waals surface area contributed by atoms with Gasteiger partial charge >= 0.3 is 5.97 Å². The second kappa shape index (κ2) is 10.3. The number of aliphatic carboxylic acids is 1. The van der Waals surface area contributed by atoms with Crippen LogP contribution in [0.1, 0.15) is 50.8 Å². The standard InChI is InChI=1S/C26H26N2O3S/c1-5-17(13-25(29)30)21-8-7-9-22(20(21)6-2)24-15-28-26(32-24)18-10-11-23(31-16(3)4)19(12-18)14-27/h7-13,15-16H,5-6H2,1-4H3,(H,29,30)/b17-13+. The van der Waals surface area contributed by atoms with Gasteiger partial charge in [-0.15, -0.1) is 11.3 Å². The second-order valence-corrected chi connectivity index (χ2v) is 8.60. The van der Waals surface area contributed by atoms with Gasteiger partial charge in [0.2, 0.25) is 0 Å². The first-order chi connectivity index (χ1) is 15.4. The van der Waals surface area contributed by atoms with E-state index in [1.54, 1.807) is 11.3 Å². The number of ether oxygens (including phenoxy) is 1. The molecule has 0 bridgehead atoms. The van der Waals surface area contributed by atoms with Crippen molar-refractivity contribution in [2.75, 3.05) is 0 Å². The molecule has 0 aliphatic heterocycles.